The Labute approximate surface area is 171 Å². The summed E-state index contributed by atoms with van der Waals surface area (Å²) >= 11 is 2.42. The maximum absolute atomic E-state index is 12.2. The van der Waals surface area contributed by atoms with Crippen LogP contribution in [-0.4, -0.2) is 40.3 Å². The molecule has 2 aromatic rings. The number of rotatable bonds is 10. The molecule has 0 bridgehead atoms. The van der Waals surface area contributed by atoms with Gasteiger partial charge in [0, 0.05) is 6.42 Å². The van der Waals surface area contributed by atoms with Crippen LogP contribution in [0.5, 0.6) is 0 Å². The molecule has 0 unspecified atom stereocenters. The third-order valence-corrected chi connectivity index (χ3v) is 5.41. The van der Waals surface area contributed by atoms with Crippen LogP contribution in [0.4, 0.5) is 10.8 Å². The highest BCUT2D eigenvalue weighted by Crippen LogP contribution is 2.26. The number of hydrogen-bond donors (Lipinski definition) is 2. The molecule has 2 amide bonds. The molecule has 0 aliphatic carbocycles. The summed E-state index contributed by atoms with van der Waals surface area (Å²) in [5, 5.41) is 13.7. The number of nitrogens with zero attached hydrogens (tertiary/aromatic N) is 2. The SMILES string of the molecule is CCCCC(=O)Nc1nnc(SCC(=O)Nc2ccccc2C(=O)OCC)s1. The third kappa shape index (κ3) is 6.93. The van der Waals surface area contributed by atoms with E-state index in [-0.39, 0.29) is 24.2 Å². The molecule has 0 aliphatic rings. The summed E-state index contributed by atoms with van der Waals surface area (Å²) in [5.74, 6) is -0.776. The van der Waals surface area contributed by atoms with Gasteiger partial charge in [-0.15, -0.1) is 10.2 Å². The molecule has 0 saturated carbocycles. The lowest BCUT2D eigenvalue weighted by molar-refractivity contribution is -0.116. The summed E-state index contributed by atoms with van der Waals surface area (Å²) < 4.78 is 5.56. The number of thioether (sulfide) groups is 1. The van der Waals surface area contributed by atoms with Crippen LogP contribution < -0.4 is 10.6 Å². The van der Waals surface area contributed by atoms with Gasteiger partial charge in [-0.05, 0) is 25.5 Å². The second-order valence-corrected chi connectivity index (χ2v) is 7.83. The quantitative estimate of drug-likeness (QED) is 0.342. The number of para-hydroxylation sites is 1. The van der Waals surface area contributed by atoms with E-state index < -0.39 is 5.97 Å². The second kappa shape index (κ2) is 11.4. The molecule has 0 spiro atoms. The molecular weight excluding hydrogens is 400 g/mol. The monoisotopic (exact) mass is 422 g/mol. The first-order valence-electron chi connectivity index (χ1n) is 8.85. The average molecular weight is 423 g/mol. The van der Waals surface area contributed by atoms with Crippen LogP contribution in [-0.2, 0) is 14.3 Å². The highest BCUT2D eigenvalue weighted by Gasteiger charge is 2.15. The standard InChI is InChI=1S/C18H22N4O4S2/c1-3-5-10-14(23)20-17-21-22-18(28-17)27-11-15(24)19-13-9-7-6-8-12(13)16(25)26-4-2/h6-9H,3-5,10-11H2,1-2H3,(H,19,24)(H,20,21,23). The maximum Gasteiger partial charge on any atom is 0.340 e. The molecule has 0 radical (unpaired) electrons. The summed E-state index contributed by atoms with van der Waals surface area (Å²) in [6, 6.07) is 6.67. The van der Waals surface area contributed by atoms with Crippen molar-refractivity contribution >= 4 is 51.7 Å². The van der Waals surface area contributed by atoms with Crippen LogP contribution in [0.25, 0.3) is 0 Å². The first kappa shape index (κ1) is 21.8. The van der Waals surface area contributed by atoms with Gasteiger partial charge in [0.25, 0.3) is 0 Å². The highest BCUT2D eigenvalue weighted by atomic mass is 32.2. The fraction of sp³-hybridized carbons (Fsp3) is 0.389. The van der Waals surface area contributed by atoms with Gasteiger partial charge in [0.15, 0.2) is 4.34 Å². The van der Waals surface area contributed by atoms with Crippen LogP contribution in [0, 0.1) is 0 Å². The highest BCUT2D eigenvalue weighted by molar-refractivity contribution is 8.01. The van der Waals surface area contributed by atoms with E-state index in [0.717, 1.165) is 12.8 Å². The van der Waals surface area contributed by atoms with Crippen molar-refractivity contribution in [2.24, 2.45) is 0 Å². The lowest BCUT2D eigenvalue weighted by Gasteiger charge is -2.09. The second-order valence-electron chi connectivity index (χ2n) is 5.63. The molecule has 1 heterocycles. The maximum atomic E-state index is 12.2. The number of unbranched alkanes of at least 4 members (excludes halogenated alkanes) is 1. The van der Waals surface area contributed by atoms with Gasteiger partial charge in [0.2, 0.25) is 16.9 Å². The number of carbonyl (C=O) groups excluding carboxylic acids is 3. The Morgan fingerprint density at radius 3 is 2.64 bits per heavy atom. The lowest BCUT2D eigenvalue weighted by Crippen LogP contribution is -2.17. The zero-order valence-corrected chi connectivity index (χ0v) is 17.3. The smallest absolute Gasteiger partial charge is 0.340 e. The predicted octanol–water partition coefficient (Wildman–Crippen LogP) is 3.57. The van der Waals surface area contributed by atoms with Crippen molar-refractivity contribution in [1.29, 1.82) is 0 Å². The van der Waals surface area contributed by atoms with Crippen molar-refractivity contribution in [2.45, 2.75) is 37.4 Å². The van der Waals surface area contributed by atoms with Gasteiger partial charge in [-0.1, -0.05) is 48.6 Å². The van der Waals surface area contributed by atoms with Crippen LogP contribution in [0.2, 0.25) is 0 Å². The fourth-order valence-electron chi connectivity index (χ4n) is 2.13. The molecule has 0 atom stereocenters. The molecule has 0 fully saturated rings. The van der Waals surface area contributed by atoms with Crippen molar-refractivity contribution in [3.63, 3.8) is 0 Å². The number of nitrogens with one attached hydrogen (secondary N) is 2. The number of carbonyl (C=O) groups is 3. The zero-order chi connectivity index (χ0) is 20.4. The zero-order valence-electron chi connectivity index (χ0n) is 15.7. The predicted molar refractivity (Wildman–Crippen MR) is 110 cm³/mol. The molecule has 2 N–H and O–H groups in total. The van der Waals surface area contributed by atoms with E-state index in [1.54, 1.807) is 31.2 Å². The van der Waals surface area contributed by atoms with Gasteiger partial charge >= 0.3 is 5.97 Å². The Bertz CT molecular complexity index is 825. The van der Waals surface area contributed by atoms with Crippen LogP contribution >= 0.6 is 23.1 Å². The number of amides is 2. The minimum atomic E-state index is -0.487. The molecule has 8 nitrogen and oxygen atoms in total. The van der Waals surface area contributed by atoms with Crippen LogP contribution in [0.3, 0.4) is 0 Å². The van der Waals surface area contributed by atoms with Gasteiger partial charge in [0.05, 0.1) is 23.6 Å². The summed E-state index contributed by atoms with van der Waals surface area (Å²) in [5.41, 5.74) is 0.698. The van der Waals surface area contributed by atoms with E-state index in [1.807, 2.05) is 6.92 Å². The van der Waals surface area contributed by atoms with Gasteiger partial charge < -0.3 is 15.4 Å². The van der Waals surface area contributed by atoms with E-state index in [9.17, 15) is 14.4 Å². The van der Waals surface area contributed by atoms with E-state index >= 15 is 0 Å². The van der Waals surface area contributed by atoms with Crippen LogP contribution in [0.15, 0.2) is 28.6 Å². The number of ether oxygens (including phenoxy) is 1. The molecule has 1 aromatic carbocycles. The Kier molecular flexibility index (Phi) is 8.89. The largest absolute Gasteiger partial charge is 0.462 e. The van der Waals surface area contributed by atoms with E-state index in [4.69, 9.17) is 4.74 Å². The van der Waals surface area contributed by atoms with E-state index in [1.165, 1.54) is 23.1 Å². The van der Waals surface area contributed by atoms with E-state index in [2.05, 4.69) is 20.8 Å². The molecule has 10 heteroatoms. The Morgan fingerprint density at radius 2 is 1.89 bits per heavy atom. The Morgan fingerprint density at radius 1 is 1.11 bits per heavy atom. The number of esters is 1. The molecule has 28 heavy (non-hydrogen) atoms. The number of aromatic nitrogens is 2. The van der Waals surface area contributed by atoms with Crippen molar-refractivity contribution < 1.29 is 19.1 Å². The first-order chi connectivity index (χ1) is 13.5. The van der Waals surface area contributed by atoms with Gasteiger partial charge in [-0.25, -0.2) is 4.79 Å². The molecule has 2 rings (SSSR count). The summed E-state index contributed by atoms with van der Waals surface area (Å²) in [6.07, 6.45) is 2.21. The average Bonchev–Trinajstić information content (AvgIpc) is 3.12. The summed E-state index contributed by atoms with van der Waals surface area (Å²) in [4.78, 5) is 35.9. The summed E-state index contributed by atoms with van der Waals surface area (Å²) in [7, 11) is 0. The molecule has 1 aromatic heterocycles. The topological polar surface area (TPSA) is 110 Å². The first-order valence-corrected chi connectivity index (χ1v) is 10.7. The van der Waals surface area contributed by atoms with Crippen molar-refractivity contribution in [3.05, 3.63) is 29.8 Å². The van der Waals surface area contributed by atoms with E-state index in [0.29, 0.717) is 27.1 Å². The number of anilines is 2. The number of benzene rings is 1. The summed E-state index contributed by atoms with van der Waals surface area (Å²) in [6.45, 7) is 3.99. The Balaban J connectivity index is 1.87. The van der Waals surface area contributed by atoms with Crippen LogP contribution in [0.1, 0.15) is 43.5 Å². The minimum absolute atomic E-state index is 0.0928. The minimum Gasteiger partial charge on any atom is -0.462 e. The third-order valence-electron chi connectivity index (χ3n) is 3.43. The molecule has 0 aliphatic heterocycles. The van der Waals surface area contributed by atoms with Crippen molar-refractivity contribution in [2.75, 3.05) is 23.0 Å². The fourth-order valence-corrected chi connectivity index (χ4v) is 3.70. The van der Waals surface area contributed by atoms with Crippen molar-refractivity contribution in [3.8, 4) is 0 Å². The van der Waals surface area contributed by atoms with Crippen molar-refractivity contribution in [1.82, 2.24) is 10.2 Å². The van der Waals surface area contributed by atoms with Gasteiger partial charge in [-0.2, -0.15) is 0 Å². The normalized spacial score (nSPS) is 10.4. The van der Waals surface area contributed by atoms with Gasteiger partial charge in [0.1, 0.15) is 0 Å². The Hall–Kier alpha value is -2.46. The number of hydrogen-bond acceptors (Lipinski definition) is 8. The molecule has 150 valence electrons. The lowest BCUT2D eigenvalue weighted by atomic mass is 10.2. The molecule has 0 saturated heterocycles. The molecular formula is C18H22N4O4S2. The van der Waals surface area contributed by atoms with Gasteiger partial charge in [-0.3, -0.25) is 9.59 Å².